The monoisotopic (exact) mass is 652 g/mol. The molecule has 2 saturated carbocycles. The van der Waals surface area contributed by atoms with E-state index < -0.39 is 0 Å². The van der Waals surface area contributed by atoms with Gasteiger partial charge in [-0.1, -0.05) is 32.4 Å². The summed E-state index contributed by atoms with van der Waals surface area (Å²) in [6, 6.07) is 7.86. The molecule has 1 aromatic heterocycles. The van der Waals surface area contributed by atoms with E-state index in [1.807, 2.05) is 44.6 Å². The van der Waals surface area contributed by atoms with Gasteiger partial charge >= 0.3 is 11.9 Å². The number of amides is 1. The SMILES string of the molecule is C.CC(=O)NN.COC(=O)c1cc(-c2n[nH]c(C)n2)c(C2CCC2)cc1C.COC(=O)c1cc(C(=N)SC)c(C2CCC2)cc1C. The number of nitrogens with two attached hydrogens (primary N) is 1. The maximum atomic E-state index is 11.9. The zero-order chi connectivity index (χ0) is 33.3. The van der Waals surface area contributed by atoms with Crippen molar-refractivity contribution >= 4 is 34.7 Å². The Balaban J connectivity index is 0.000000275. The average molecular weight is 653 g/mol. The second-order valence-corrected chi connectivity index (χ2v) is 12.0. The quantitative estimate of drug-likeness (QED) is 0.0578. The lowest BCUT2D eigenvalue weighted by Gasteiger charge is -2.28. The van der Waals surface area contributed by atoms with Crippen LogP contribution >= 0.6 is 11.8 Å². The summed E-state index contributed by atoms with van der Waals surface area (Å²) in [5, 5.41) is 15.7. The van der Waals surface area contributed by atoms with Crippen molar-refractivity contribution in [2.24, 2.45) is 5.84 Å². The maximum Gasteiger partial charge on any atom is 0.338 e. The highest BCUT2D eigenvalue weighted by molar-refractivity contribution is 8.13. The molecule has 12 heteroatoms. The fourth-order valence-corrected chi connectivity index (χ4v) is 5.59. The number of hydrogen-bond donors (Lipinski definition) is 4. The molecule has 5 N–H and O–H groups in total. The summed E-state index contributed by atoms with van der Waals surface area (Å²) in [4.78, 5) is 37.7. The molecule has 11 nitrogen and oxygen atoms in total. The summed E-state index contributed by atoms with van der Waals surface area (Å²) in [7, 11) is 2.79. The largest absolute Gasteiger partial charge is 0.465 e. The Morgan fingerprint density at radius 2 is 1.37 bits per heavy atom. The van der Waals surface area contributed by atoms with Crippen LogP contribution in [0.3, 0.4) is 0 Å². The summed E-state index contributed by atoms with van der Waals surface area (Å²) in [6.07, 6.45) is 9.16. The second-order valence-electron chi connectivity index (χ2n) is 11.2. The van der Waals surface area contributed by atoms with Crippen molar-refractivity contribution in [3.63, 3.8) is 0 Å². The zero-order valence-electron chi connectivity index (χ0n) is 27.1. The van der Waals surface area contributed by atoms with Gasteiger partial charge in [0.05, 0.1) is 30.4 Å². The number of aromatic nitrogens is 3. The van der Waals surface area contributed by atoms with Gasteiger partial charge in [-0.3, -0.25) is 20.7 Å². The van der Waals surface area contributed by atoms with Gasteiger partial charge in [-0.05, 0) is 98.9 Å². The van der Waals surface area contributed by atoms with Crippen molar-refractivity contribution in [3.05, 3.63) is 69.0 Å². The number of carbonyl (C=O) groups excluding carboxylic acids is 3. The Hall–Kier alpha value is -4.03. The number of thioether (sulfide) groups is 1. The van der Waals surface area contributed by atoms with Gasteiger partial charge in [-0.2, -0.15) is 5.10 Å². The van der Waals surface area contributed by atoms with Crippen molar-refractivity contribution in [3.8, 4) is 11.4 Å². The number of esters is 2. The van der Waals surface area contributed by atoms with Gasteiger partial charge in [0.25, 0.3) is 0 Å². The van der Waals surface area contributed by atoms with E-state index in [0.717, 1.165) is 28.1 Å². The standard InChI is InChI=1S/C16H19N3O2.C15H19NO2S.C2H6N2O.CH4/c1-9-7-13(11-5-4-6-11)14(8-12(9)16(20)21-3)15-17-10(2)18-19-15;1-9-7-12(10-5-4-6-10)13(14(16)19-3)8-11(9)15(17)18-2;1-2(5)4-3;/h7-8,11H,4-6H2,1-3H3,(H,17,18,19);7-8,10,16H,4-6H2,1-3H3;3H2,1H3,(H,4,5);1H4. The topological polar surface area (TPSA) is 173 Å². The van der Waals surface area contributed by atoms with Crippen molar-refractivity contribution in [2.75, 3.05) is 20.5 Å². The lowest BCUT2D eigenvalue weighted by molar-refractivity contribution is -0.119. The van der Waals surface area contributed by atoms with E-state index >= 15 is 0 Å². The Morgan fingerprint density at radius 1 is 0.891 bits per heavy atom. The van der Waals surface area contributed by atoms with Crippen LogP contribution in [0.25, 0.3) is 11.4 Å². The van der Waals surface area contributed by atoms with E-state index in [9.17, 15) is 14.4 Å². The first-order chi connectivity index (χ1) is 21.4. The molecule has 2 fully saturated rings. The van der Waals surface area contributed by atoms with Crippen molar-refractivity contribution in [1.29, 1.82) is 5.41 Å². The molecule has 0 saturated heterocycles. The number of benzene rings is 2. The fraction of sp³-hybridized carbons (Fsp3) is 0.471. The van der Waals surface area contributed by atoms with Crippen molar-refractivity contribution in [1.82, 2.24) is 20.6 Å². The number of ether oxygens (including phenoxy) is 2. The third-order valence-corrected chi connectivity index (χ3v) is 8.81. The molecule has 0 radical (unpaired) electrons. The molecular formula is C34H48N6O5S. The third kappa shape index (κ3) is 9.26. The van der Waals surface area contributed by atoms with E-state index in [4.69, 9.17) is 14.9 Å². The number of nitrogens with one attached hydrogen (secondary N) is 3. The molecule has 46 heavy (non-hydrogen) atoms. The molecule has 2 aliphatic rings. The number of hydrazine groups is 1. The van der Waals surface area contributed by atoms with Gasteiger partial charge in [0.1, 0.15) is 5.82 Å². The Labute approximate surface area is 276 Å². The molecule has 5 rings (SSSR count). The lowest BCUT2D eigenvalue weighted by Crippen LogP contribution is -2.26. The van der Waals surface area contributed by atoms with Gasteiger partial charge in [-0.25, -0.2) is 20.4 Å². The molecule has 0 unspecified atom stereocenters. The highest BCUT2D eigenvalue weighted by Gasteiger charge is 2.27. The Kier molecular flexibility index (Phi) is 14.6. The van der Waals surface area contributed by atoms with E-state index in [2.05, 4.69) is 33.2 Å². The maximum absolute atomic E-state index is 11.9. The van der Waals surface area contributed by atoms with Crippen molar-refractivity contribution in [2.45, 2.75) is 85.5 Å². The predicted octanol–water partition coefficient (Wildman–Crippen LogP) is 6.51. The van der Waals surface area contributed by atoms with E-state index in [1.54, 1.807) is 0 Å². The van der Waals surface area contributed by atoms with Crippen molar-refractivity contribution < 1.29 is 23.9 Å². The van der Waals surface area contributed by atoms with Crippen LogP contribution < -0.4 is 11.3 Å². The van der Waals surface area contributed by atoms with E-state index in [-0.39, 0.29) is 25.3 Å². The number of H-pyrrole nitrogens is 1. The van der Waals surface area contributed by atoms with E-state index in [0.29, 0.717) is 33.8 Å². The van der Waals surface area contributed by atoms with Crippen LogP contribution in [0.2, 0.25) is 0 Å². The van der Waals surface area contributed by atoms with Crippen LogP contribution in [-0.2, 0) is 14.3 Å². The van der Waals surface area contributed by atoms with Crippen LogP contribution in [-0.4, -0.2) is 58.5 Å². The van der Waals surface area contributed by atoms with Crippen LogP contribution in [0, 0.1) is 26.2 Å². The minimum atomic E-state index is -0.326. The number of carbonyl (C=O) groups is 3. The summed E-state index contributed by atoms with van der Waals surface area (Å²) in [6.45, 7) is 7.09. The second kappa shape index (κ2) is 17.6. The highest BCUT2D eigenvalue weighted by atomic mass is 32.2. The normalized spacial score (nSPS) is 13.7. The molecule has 0 aliphatic heterocycles. The minimum Gasteiger partial charge on any atom is -0.465 e. The van der Waals surface area contributed by atoms with Crippen LogP contribution in [0.1, 0.15) is 119 Å². The molecular weight excluding hydrogens is 604 g/mol. The molecule has 3 aromatic rings. The van der Waals surface area contributed by atoms with Gasteiger partial charge in [0, 0.05) is 18.1 Å². The third-order valence-electron chi connectivity index (χ3n) is 8.18. The molecule has 0 spiro atoms. The smallest absolute Gasteiger partial charge is 0.338 e. The van der Waals surface area contributed by atoms with E-state index in [1.165, 1.54) is 82.6 Å². The number of hydrogen-bond acceptors (Lipinski definition) is 10. The summed E-state index contributed by atoms with van der Waals surface area (Å²) < 4.78 is 9.68. The average Bonchev–Trinajstić information content (AvgIpc) is 3.41. The first-order valence-electron chi connectivity index (χ1n) is 14.9. The first-order valence-corrected chi connectivity index (χ1v) is 16.1. The Bertz CT molecular complexity index is 1540. The molecule has 2 aliphatic carbocycles. The van der Waals surface area contributed by atoms with Gasteiger partial charge < -0.3 is 9.47 Å². The number of aryl methyl sites for hydroxylation is 3. The summed E-state index contributed by atoms with van der Waals surface area (Å²) in [5.74, 6) is 6.22. The molecule has 0 bridgehead atoms. The molecule has 250 valence electrons. The number of aromatic amines is 1. The fourth-order valence-electron chi connectivity index (χ4n) is 5.20. The zero-order valence-corrected chi connectivity index (χ0v) is 27.9. The van der Waals surface area contributed by atoms with Crippen LogP contribution in [0.5, 0.6) is 0 Å². The first kappa shape index (κ1) is 38.2. The molecule has 2 aromatic carbocycles. The Morgan fingerprint density at radius 3 is 1.76 bits per heavy atom. The summed E-state index contributed by atoms with van der Waals surface area (Å²) >= 11 is 1.41. The molecule has 1 amide bonds. The summed E-state index contributed by atoms with van der Waals surface area (Å²) in [5.41, 5.74) is 9.21. The number of nitrogens with zero attached hydrogens (tertiary/aromatic N) is 2. The molecule has 1 heterocycles. The number of rotatable bonds is 6. The van der Waals surface area contributed by atoms with Crippen LogP contribution in [0.4, 0.5) is 0 Å². The van der Waals surface area contributed by atoms with Gasteiger partial charge in [-0.15, -0.1) is 11.8 Å². The number of methoxy groups -OCH3 is 2. The minimum absolute atomic E-state index is 0. The highest BCUT2D eigenvalue weighted by Crippen LogP contribution is 2.42. The molecule has 0 atom stereocenters. The van der Waals surface area contributed by atoms with Gasteiger partial charge in [0.2, 0.25) is 5.91 Å². The lowest BCUT2D eigenvalue weighted by atomic mass is 9.77. The van der Waals surface area contributed by atoms with Gasteiger partial charge in [0.15, 0.2) is 5.82 Å². The predicted molar refractivity (Wildman–Crippen MR) is 183 cm³/mol. The van der Waals surface area contributed by atoms with Crippen LogP contribution in [0.15, 0.2) is 24.3 Å².